The van der Waals surface area contributed by atoms with Crippen LogP contribution in [0.15, 0.2) is 21.1 Å². The Bertz CT molecular complexity index is 3130. The summed E-state index contributed by atoms with van der Waals surface area (Å²) in [5.41, 5.74) is -7.51. The minimum absolute atomic E-state index is 0.00819. The zero-order chi connectivity index (χ0) is 64.9. The van der Waals surface area contributed by atoms with E-state index in [0.29, 0.717) is 25.9 Å². The molecular weight excluding hydrogens is 1190 g/mol. The minimum Gasteiger partial charge on any atom is -0.457 e. The molecule has 86 heavy (non-hydrogen) atoms. The lowest BCUT2D eigenvalue weighted by molar-refractivity contribution is -0.180. The molecule has 0 radical (unpaired) electrons. The molecule has 31 nitrogen and oxygen atoms in total. The number of nitrogens with zero attached hydrogens (tertiary/aromatic N) is 7. The number of carbonyl (C=O) groups excluding carboxylic acids is 10. The van der Waals surface area contributed by atoms with E-state index in [1.54, 1.807) is 88.0 Å². The summed E-state index contributed by atoms with van der Waals surface area (Å²) >= 11 is 1.90. The predicted octanol–water partition coefficient (Wildman–Crippen LogP) is 3.39. The van der Waals surface area contributed by atoms with E-state index in [-0.39, 0.29) is 63.0 Å². The Morgan fingerprint density at radius 1 is 0.616 bits per heavy atom. The van der Waals surface area contributed by atoms with Gasteiger partial charge in [0.2, 0.25) is 28.9 Å². The van der Waals surface area contributed by atoms with E-state index in [9.17, 15) is 60.9 Å². The molecule has 34 heteroatoms. The summed E-state index contributed by atoms with van der Waals surface area (Å²) in [5.74, 6) is -5.26. The normalized spacial score (nSPS) is 19.7. The van der Waals surface area contributed by atoms with Gasteiger partial charge in [-0.15, -0.1) is 22.7 Å². The first-order valence-electron chi connectivity index (χ1n) is 27.0. The number of likely N-dealkylation sites (tertiary alicyclic amines) is 2. The average Bonchev–Trinajstić information content (AvgIpc) is 0.862. The summed E-state index contributed by atoms with van der Waals surface area (Å²) in [6.07, 6.45) is 0.374. The molecule has 8 amide bonds. The number of ether oxygens (including phenoxy) is 4. The Labute approximate surface area is 505 Å². The Kier molecular flexibility index (Phi) is 21.4. The third-order valence-corrected chi connectivity index (χ3v) is 14.3. The minimum atomic E-state index is -5.01. The Morgan fingerprint density at radius 3 is 1.35 bits per heavy atom. The van der Waals surface area contributed by atoms with Crippen LogP contribution in [-0.4, -0.2) is 192 Å². The second-order valence-corrected chi connectivity index (χ2v) is 28.0. The van der Waals surface area contributed by atoms with Gasteiger partial charge in [-0.3, -0.25) is 44.0 Å². The van der Waals surface area contributed by atoms with Crippen molar-refractivity contribution < 1.29 is 89.5 Å². The average molecular weight is 1270 g/mol. The number of carbonyl (C=O) groups is 10. The number of amides is 8. The fourth-order valence-electron chi connectivity index (χ4n) is 7.84. The van der Waals surface area contributed by atoms with Crippen molar-refractivity contribution in [3.63, 3.8) is 0 Å². The van der Waals surface area contributed by atoms with E-state index in [4.69, 9.17) is 28.6 Å². The first kappa shape index (κ1) is 69.2. The van der Waals surface area contributed by atoms with Crippen LogP contribution in [0.5, 0.6) is 0 Å². The third-order valence-electron chi connectivity index (χ3n) is 11.8. The Hall–Kier alpha value is -7.59. The highest BCUT2D eigenvalue weighted by Crippen LogP contribution is 2.28. The van der Waals surface area contributed by atoms with E-state index in [1.807, 2.05) is 0 Å². The lowest BCUT2D eigenvalue weighted by Crippen LogP contribution is -2.74. The van der Waals surface area contributed by atoms with E-state index in [1.165, 1.54) is 43.4 Å². The molecule has 476 valence electrons. The molecule has 0 saturated carbocycles. The van der Waals surface area contributed by atoms with E-state index < -0.39 is 122 Å². The summed E-state index contributed by atoms with van der Waals surface area (Å²) in [6.45, 7) is 26.6. The van der Waals surface area contributed by atoms with Crippen LogP contribution in [0.2, 0.25) is 0 Å². The quantitative estimate of drug-likeness (QED) is 0.0293. The second-order valence-electron chi connectivity index (χ2n) is 25.0. The summed E-state index contributed by atoms with van der Waals surface area (Å²) in [7, 11) is -5.01. The molecule has 0 unspecified atom stereocenters. The molecule has 4 fully saturated rings. The van der Waals surface area contributed by atoms with Gasteiger partial charge in [0.25, 0.3) is 17.7 Å². The highest BCUT2D eigenvalue weighted by molar-refractivity contribution is 7.84. The van der Waals surface area contributed by atoms with Crippen LogP contribution in [0.25, 0.3) is 0 Å². The fourth-order valence-corrected chi connectivity index (χ4v) is 10.1. The molecule has 0 bridgehead atoms. The van der Waals surface area contributed by atoms with Crippen LogP contribution in [0, 0.1) is 0 Å². The molecule has 2 aromatic rings. The monoisotopic (exact) mass is 1270 g/mol. The lowest BCUT2D eigenvalue weighted by Gasteiger charge is -2.45. The SMILES string of the molecule is CC(C)(C)OC(=O)Nc1nc(/C(=N/OC(C)(C)C(=O)OC(C)(C)C)C(=O)N[C@@H]2C(=O)N(S(=O)(=O)O)[C@@H]2CN2CCCC2=O)cs1.CC(C)(C)OC(=O)Nc1nc(/C(=N/OC(C)(C)C(=O)OC(C)(C)C)C(=O)N[C@@H]2C(=O)N[C@@H]2CN2CCCC2=O)cs1. The molecule has 6 N–H and O–H groups in total. The van der Waals surface area contributed by atoms with E-state index in [2.05, 4.69) is 46.9 Å². The van der Waals surface area contributed by atoms with Gasteiger partial charge in [0.05, 0.1) is 12.1 Å². The molecule has 6 rings (SSSR count). The molecule has 4 aliphatic heterocycles. The number of anilines is 2. The summed E-state index contributed by atoms with van der Waals surface area (Å²) in [4.78, 5) is 149. The molecule has 0 spiro atoms. The Morgan fingerprint density at radius 2 is 1.00 bits per heavy atom. The van der Waals surface area contributed by atoms with Gasteiger partial charge >= 0.3 is 34.4 Å². The highest BCUT2D eigenvalue weighted by atomic mass is 32.2. The number of thiazole rings is 2. The second kappa shape index (κ2) is 26.6. The number of hydrogen-bond donors (Lipinski definition) is 6. The molecule has 0 aromatic carbocycles. The highest BCUT2D eigenvalue weighted by Gasteiger charge is 2.55. The molecule has 4 saturated heterocycles. The van der Waals surface area contributed by atoms with Crippen LogP contribution in [-0.2, 0) is 77.3 Å². The van der Waals surface area contributed by atoms with Gasteiger partial charge in [0, 0.05) is 49.8 Å². The Balaban J connectivity index is 0.000000315. The summed E-state index contributed by atoms with van der Waals surface area (Å²) in [5, 5.41) is 23.4. The number of aromatic nitrogens is 2. The van der Waals surface area contributed by atoms with Gasteiger partial charge in [0.1, 0.15) is 45.9 Å². The number of rotatable bonds is 19. The summed E-state index contributed by atoms with van der Waals surface area (Å²) in [6, 6.07) is -4.24. The van der Waals surface area contributed by atoms with Crippen molar-refractivity contribution in [1.82, 2.24) is 40.0 Å². The molecule has 4 aliphatic rings. The molecular formula is C52H76N12O19S3. The van der Waals surface area contributed by atoms with Crippen LogP contribution < -0.4 is 26.6 Å². The maximum Gasteiger partial charge on any atom is 0.413 e. The zero-order valence-corrected chi connectivity index (χ0v) is 53.2. The largest absolute Gasteiger partial charge is 0.457 e. The van der Waals surface area contributed by atoms with Crippen molar-refractivity contribution in [2.24, 2.45) is 10.3 Å². The van der Waals surface area contributed by atoms with Gasteiger partial charge in [-0.25, -0.2) is 33.5 Å². The first-order chi connectivity index (χ1) is 39.3. The molecule has 2 aromatic heterocycles. The van der Waals surface area contributed by atoms with Gasteiger partial charge in [-0.05, 0) is 124 Å². The molecule has 4 atom stereocenters. The van der Waals surface area contributed by atoms with Gasteiger partial charge < -0.3 is 54.4 Å². The maximum atomic E-state index is 13.6. The van der Waals surface area contributed by atoms with Crippen molar-refractivity contribution in [3.05, 3.63) is 22.1 Å². The summed E-state index contributed by atoms with van der Waals surface area (Å²) < 4.78 is 54.9. The third kappa shape index (κ3) is 19.7. The van der Waals surface area contributed by atoms with E-state index in [0.717, 1.165) is 29.1 Å². The van der Waals surface area contributed by atoms with Crippen molar-refractivity contribution in [3.8, 4) is 0 Å². The van der Waals surface area contributed by atoms with Gasteiger partial charge in [-0.2, -0.15) is 8.42 Å². The zero-order valence-electron chi connectivity index (χ0n) is 50.8. The predicted molar refractivity (Wildman–Crippen MR) is 309 cm³/mol. The van der Waals surface area contributed by atoms with Crippen LogP contribution in [0.4, 0.5) is 19.9 Å². The number of β-lactam (4-membered cyclic amide) rings is 2. The van der Waals surface area contributed by atoms with Crippen LogP contribution >= 0.6 is 22.7 Å². The fraction of sp³-hybridized carbons (Fsp3) is 0.654. The topological polar surface area (TPSA) is 401 Å². The maximum absolute atomic E-state index is 13.6. The first-order valence-corrected chi connectivity index (χ1v) is 30.2. The standard InChI is InChI=1S/C26H38N6O11S2.C26H38N6O8S/c1-24(2,3)41-21(36)26(7,8)43-30-17(14-13-44-22(27-14)29-23(37)42-25(4,5)6)19(34)28-18-15(12-31-11-9-10-16(31)33)32(20(18)35)45(38,39)40;1-24(2,3)38-21(36)26(7,8)40-31-18(15-13-41-22(28-15)30-23(37)39-25(4,5)6)20(35)29-17-14(27-19(17)34)12-32-11-9-10-16(32)33/h13,15,18H,9-12H2,1-8H3,(H,28,34)(H,27,29,37)(H,38,39,40);13-14,17H,9-12H2,1-8H3,(H,27,34)(H,29,35)(H,28,30,37)/b30-17-;31-18-/t15-,18+;14-,17+/m11/s1. The number of esters is 2. The van der Waals surface area contributed by atoms with Crippen molar-refractivity contribution >= 4 is 114 Å². The smallest absolute Gasteiger partial charge is 0.413 e. The van der Waals surface area contributed by atoms with Crippen LogP contribution in [0.3, 0.4) is 0 Å². The van der Waals surface area contributed by atoms with Gasteiger partial charge in [-0.1, -0.05) is 10.3 Å². The number of oxime groups is 2. The molecule has 0 aliphatic carbocycles. The number of hydrogen-bond acceptors (Lipinski definition) is 24. The van der Waals surface area contributed by atoms with Gasteiger partial charge in [0.15, 0.2) is 21.7 Å². The molecule has 6 heterocycles. The van der Waals surface area contributed by atoms with Crippen molar-refractivity contribution in [1.29, 1.82) is 0 Å². The van der Waals surface area contributed by atoms with Crippen molar-refractivity contribution in [2.45, 2.75) is 194 Å². The number of nitrogens with one attached hydrogen (secondary N) is 5. The van der Waals surface area contributed by atoms with E-state index >= 15 is 0 Å². The van der Waals surface area contributed by atoms with Crippen molar-refractivity contribution in [2.75, 3.05) is 36.8 Å². The lowest BCUT2D eigenvalue weighted by atomic mass is 9.97. The van der Waals surface area contributed by atoms with Crippen LogP contribution in [0.1, 0.15) is 148 Å².